The molecule has 0 atom stereocenters. The number of pyridine rings is 1. The van der Waals surface area contributed by atoms with Gasteiger partial charge in [-0.15, -0.1) is 12.1 Å². The number of hydrogen-bond donors (Lipinski definition) is 0. The van der Waals surface area contributed by atoms with Crippen molar-refractivity contribution < 1.29 is 64.3 Å². The van der Waals surface area contributed by atoms with E-state index in [1.807, 2.05) is 0 Å². The number of aromatic nitrogens is 1. The predicted octanol–water partition coefficient (Wildman–Crippen LogP) is -1.20. The van der Waals surface area contributed by atoms with E-state index in [0.29, 0.717) is 0 Å². The van der Waals surface area contributed by atoms with Crippen molar-refractivity contribution in [1.82, 2.24) is 4.57 Å². The molecule has 0 spiro atoms. The van der Waals surface area contributed by atoms with Crippen molar-refractivity contribution >= 4 is 6.98 Å². The van der Waals surface area contributed by atoms with Crippen LogP contribution in [0.25, 0.3) is 0 Å². The van der Waals surface area contributed by atoms with Gasteiger partial charge in [0, 0.05) is 18.8 Å². The van der Waals surface area contributed by atoms with Crippen molar-refractivity contribution in [2.24, 2.45) is 0 Å². The van der Waals surface area contributed by atoms with Crippen LogP contribution in [0.1, 0.15) is 0 Å². The molecule has 1 heterocycles. The molecule has 0 unspecified atom stereocenters. The Morgan fingerprint density at radius 1 is 1.40 bits per heavy atom. The molecule has 1 aromatic heterocycles. The van der Waals surface area contributed by atoms with Gasteiger partial charge in [-0.2, -0.15) is 0 Å². The largest absolute Gasteiger partial charge is 1.00 e. The first kappa shape index (κ1) is 15.2. The Morgan fingerprint density at radius 2 is 2.00 bits per heavy atom. The summed E-state index contributed by atoms with van der Waals surface area (Å²) in [5.41, 5.74) is -1.34. The molecule has 0 N–H and O–H groups in total. The van der Waals surface area contributed by atoms with Crippen LogP contribution in [0.3, 0.4) is 0 Å². The maximum absolute atomic E-state index is 12.1. The van der Waals surface area contributed by atoms with Crippen LogP contribution in [-0.2, 0) is 6.54 Å². The molecule has 0 aliphatic heterocycles. The Balaban J connectivity index is 0.00000196. The maximum Gasteiger partial charge on any atom is 1.00 e. The molecule has 0 fully saturated rings. The molecule has 0 amide bonds. The second kappa shape index (κ2) is 6.05. The van der Waals surface area contributed by atoms with E-state index in [-0.39, 0.29) is 51.4 Å². The molecule has 0 saturated carbocycles. The van der Waals surface area contributed by atoms with E-state index in [1.165, 1.54) is 24.4 Å². The first-order chi connectivity index (χ1) is 6.41. The zero-order valence-electron chi connectivity index (χ0n) is 8.29. The maximum atomic E-state index is 12.1. The molecule has 0 saturated heterocycles. The second-order valence-electron chi connectivity index (χ2n) is 2.90. The van der Waals surface area contributed by atoms with Crippen molar-refractivity contribution in [2.75, 3.05) is 0 Å². The molecular formula is C8H8BF3KNO. The van der Waals surface area contributed by atoms with Crippen LogP contribution in [0.15, 0.2) is 41.2 Å². The Hall–Kier alpha value is 0.181. The minimum absolute atomic E-state index is 0. The topological polar surface area (TPSA) is 22.0 Å². The third-order valence-corrected chi connectivity index (χ3v) is 1.74. The van der Waals surface area contributed by atoms with Crippen molar-refractivity contribution in [3.63, 3.8) is 0 Å². The number of halogens is 3. The molecular weight excluding hydrogens is 233 g/mol. The molecule has 0 radical (unpaired) electrons. The molecule has 2 nitrogen and oxygen atoms in total. The molecule has 0 bridgehead atoms. The summed E-state index contributed by atoms with van der Waals surface area (Å²) in [5, 5.41) is 0. The summed E-state index contributed by atoms with van der Waals surface area (Å²) in [6.45, 7) is -2.66. The van der Waals surface area contributed by atoms with Gasteiger partial charge >= 0.3 is 58.4 Å². The molecule has 76 valence electrons. The van der Waals surface area contributed by atoms with E-state index in [1.54, 1.807) is 0 Å². The molecule has 1 aromatic rings. The van der Waals surface area contributed by atoms with E-state index in [4.69, 9.17) is 0 Å². The number of rotatable bonds is 3. The molecule has 15 heavy (non-hydrogen) atoms. The van der Waals surface area contributed by atoms with Gasteiger partial charge in [0.05, 0.1) is 0 Å². The summed E-state index contributed by atoms with van der Waals surface area (Å²) in [4.78, 5) is 11.0. The zero-order chi connectivity index (χ0) is 10.8. The van der Waals surface area contributed by atoms with Crippen molar-refractivity contribution in [3.8, 4) is 0 Å². The number of allylic oxidation sites excluding steroid dienone is 1. The minimum atomic E-state index is -5.07. The standard InChI is InChI=1S/C8H8BF3NO.K/c1-7(9(10,11)12)6-13-5-3-2-4-8(13)14;/h2-5H,1,6H2;/q-1;+1. The molecule has 0 aromatic carbocycles. The Morgan fingerprint density at radius 3 is 2.47 bits per heavy atom. The quantitative estimate of drug-likeness (QED) is 0.609. The second-order valence-corrected chi connectivity index (χ2v) is 2.90. The van der Waals surface area contributed by atoms with Crippen LogP contribution in [0, 0.1) is 0 Å². The van der Waals surface area contributed by atoms with Gasteiger partial charge in [-0.3, -0.25) is 4.79 Å². The summed E-state index contributed by atoms with van der Waals surface area (Å²) in [6.07, 6.45) is 1.30. The molecule has 0 aliphatic carbocycles. The van der Waals surface area contributed by atoms with Crippen LogP contribution < -0.4 is 56.9 Å². The fourth-order valence-electron chi connectivity index (χ4n) is 0.914. The van der Waals surface area contributed by atoms with Crippen LogP contribution in [0.5, 0.6) is 0 Å². The van der Waals surface area contributed by atoms with Gasteiger partial charge in [0.15, 0.2) is 0 Å². The van der Waals surface area contributed by atoms with Crippen molar-refractivity contribution in [2.45, 2.75) is 6.54 Å². The first-order valence-electron chi connectivity index (χ1n) is 3.94. The Kier molecular flexibility index (Phi) is 6.12. The van der Waals surface area contributed by atoms with Gasteiger partial charge in [-0.05, 0) is 6.07 Å². The van der Waals surface area contributed by atoms with Crippen molar-refractivity contribution in [3.05, 3.63) is 46.8 Å². The van der Waals surface area contributed by atoms with Crippen molar-refractivity contribution in [1.29, 1.82) is 0 Å². The van der Waals surface area contributed by atoms with Crippen LogP contribution >= 0.6 is 0 Å². The van der Waals surface area contributed by atoms with E-state index in [9.17, 15) is 17.7 Å². The molecule has 7 heteroatoms. The fraction of sp³-hybridized carbons (Fsp3) is 0.125. The first-order valence-corrected chi connectivity index (χ1v) is 3.94. The summed E-state index contributed by atoms with van der Waals surface area (Å²) < 4.78 is 37.3. The van der Waals surface area contributed by atoms with Gasteiger partial charge in [0.2, 0.25) is 0 Å². The Bertz CT molecular complexity index is 401. The summed E-state index contributed by atoms with van der Waals surface area (Å²) >= 11 is 0. The normalized spacial score (nSPS) is 10.6. The molecule has 1 rings (SSSR count). The number of nitrogens with zero attached hydrogens (tertiary/aromatic N) is 1. The van der Waals surface area contributed by atoms with E-state index < -0.39 is 24.6 Å². The average molecular weight is 241 g/mol. The van der Waals surface area contributed by atoms with E-state index in [0.717, 1.165) is 4.57 Å². The SMILES string of the molecule is C=C(Cn1ccccc1=O)[B-](F)(F)F.[K+]. The average Bonchev–Trinajstić information content (AvgIpc) is 2.07. The van der Waals surface area contributed by atoms with Gasteiger partial charge in [0.25, 0.3) is 5.56 Å². The van der Waals surface area contributed by atoms with Gasteiger partial charge in [-0.25, -0.2) is 0 Å². The monoisotopic (exact) mass is 241 g/mol. The smallest absolute Gasteiger partial charge is 0.445 e. The van der Waals surface area contributed by atoms with Gasteiger partial charge < -0.3 is 17.5 Å². The fourth-order valence-corrected chi connectivity index (χ4v) is 0.914. The van der Waals surface area contributed by atoms with Crippen LogP contribution in [0.4, 0.5) is 12.9 Å². The van der Waals surface area contributed by atoms with Crippen LogP contribution in [0.2, 0.25) is 0 Å². The predicted molar refractivity (Wildman–Crippen MR) is 48.9 cm³/mol. The van der Waals surface area contributed by atoms with Gasteiger partial charge in [0.1, 0.15) is 0 Å². The summed E-state index contributed by atoms with van der Waals surface area (Å²) in [6, 6.07) is 4.18. The summed E-state index contributed by atoms with van der Waals surface area (Å²) in [7, 11) is 0. The summed E-state index contributed by atoms with van der Waals surface area (Å²) in [5.74, 6) is 0. The third kappa shape index (κ3) is 4.69. The van der Waals surface area contributed by atoms with E-state index in [2.05, 4.69) is 6.58 Å². The van der Waals surface area contributed by atoms with Crippen LogP contribution in [-0.4, -0.2) is 11.5 Å². The van der Waals surface area contributed by atoms with E-state index >= 15 is 0 Å². The third-order valence-electron chi connectivity index (χ3n) is 1.74. The Labute approximate surface area is 128 Å². The van der Waals surface area contributed by atoms with Gasteiger partial charge in [-0.1, -0.05) is 6.07 Å². The minimum Gasteiger partial charge on any atom is -0.445 e. The molecule has 0 aliphatic rings. The number of hydrogen-bond acceptors (Lipinski definition) is 1. The zero-order valence-corrected chi connectivity index (χ0v) is 11.4.